The second-order valence-corrected chi connectivity index (χ2v) is 11.9. The average Bonchev–Trinajstić information content (AvgIpc) is 2.86. The molecule has 1 atom stereocenters. The van der Waals surface area contributed by atoms with E-state index in [-0.39, 0.29) is 29.1 Å². The number of anilines is 1. The molecule has 1 N–H and O–H groups in total. The predicted octanol–water partition coefficient (Wildman–Crippen LogP) is 5.09. The van der Waals surface area contributed by atoms with Gasteiger partial charge in [-0.1, -0.05) is 59.6 Å². The molecule has 202 valence electrons. The standard InChI is InChI=1S/C29H34ClN3O4S/c1-20(2)31-29(35)23(5)32(18-24-10-7-6-9-22(24)4)28(34)19-33(26-12-8-11-25(30)17-26)38(36,37)27-15-13-21(3)14-16-27/h6-17,20,23H,18-19H2,1-5H3,(H,31,35)/t23-/m0/s1. The summed E-state index contributed by atoms with van der Waals surface area (Å²) in [6, 6.07) is 19.4. The van der Waals surface area contributed by atoms with Crippen molar-refractivity contribution in [1.82, 2.24) is 10.2 Å². The molecule has 0 aromatic heterocycles. The Morgan fingerprint density at radius 1 is 0.921 bits per heavy atom. The number of benzene rings is 3. The highest BCUT2D eigenvalue weighted by Gasteiger charge is 2.33. The van der Waals surface area contributed by atoms with Gasteiger partial charge in [0.2, 0.25) is 11.8 Å². The number of hydrogen-bond acceptors (Lipinski definition) is 4. The van der Waals surface area contributed by atoms with Crippen molar-refractivity contribution in [2.24, 2.45) is 0 Å². The Morgan fingerprint density at radius 3 is 2.18 bits per heavy atom. The highest BCUT2D eigenvalue weighted by molar-refractivity contribution is 7.92. The molecule has 0 saturated carbocycles. The summed E-state index contributed by atoms with van der Waals surface area (Å²) in [5.41, 5.74) is 2.98. The van der Waals surface area contributed by atoms with Crippen molar-refractivity contribution in [1.29, 1.82) is 0 Å². The van der Waals surface area contributed by atoms with Gasteiger partial charge in [-0.25, -0.2) is 8.42 Å². The van der Waals surface area contributed by atoms with Gasteiger partial charge in [0, 0.05) is 17.6 Å². The quantitative estimate of drug-likeness (QED) is 0.377. The summed E-state index contributed by atoms with van der Waals surface area (Å²) >= 11 is 6.20. The number of carbonyl (C=O) groups excluding carboxylic acids is 2. The fraction of sp³-hybridized carbons (Fsp3) is 0.310. The Hall–Kier alpha value is -3.36. The number of nitrogens with zero attached hydrogens (tertiary/aromatic N) is 2. The predicted molar refractivity (Wildman–Crippen MR) is 152 cm³/mol. The molecule has 3 rings (SSSR count). The van der Waals surface area contributed by atoms with Crippen LogP contribution in [0.1, 0.15) is 37.5 Å². The Bertz CT molecular complexity index is 1390. The van der Waals surface area contributed by atoms with Gasteiger partial charge in [-0.3, -0.25) is 13.9 Å². The van der Waals surface area contributed by atoms with Crippen molar-refractivity contribution >= 4 is 39.1 Å². The summed E-state index contributed by atoms with van der Waals surface area (Å²) in [6.45, 7) is 8.75. The van der Waals surface area contributed by atoms with Crippen LogP contribution in [-0.4, -0.2) is 43.8 Å². The molecule has 3 aromatic carbocycles. The lowest BCUT2D eigenvalue weighted by atomic mass is 10.1. The SMILES string of the molecule is Cc1ccc(S(=O)(=O)N(CC(=O)N(Cc2ccccc2C)[C@@H](C)C(=O)NC(C)C)c2cccc(Cl)c2)cc1. The maximum absolute atomic E-state index is 13.9. The Morgan fingerprint density at radius 2 is 1.58 bits per heavy atom. The van der Waals surface area contributed by atoms with Gasteiger partial charge >= 0.3 is 0 Å². The minimum Gasteiger partial charge on any atom is -0.352 e. The van der Waals surface area contributed by atoms with E-state index in [2.05, 4.69) is 5.32 Å². The summed E-state index contributed by atoms with van der Waals surface area (Å²) in [7, 11) is -4.14. The zero-order valence-corrected chi connectivity index (χ0v) is 23.9. The number of halogens is 1. The third-order valence-corrected chi connectivity index (χ3v) is 8.21. The topological polar surface area (TPSA) is 86.8 Å². The molecule has 0 aliphatic carbocycles. The average molecular weight is 556 g/mol. The second-order valence-electron chi connectivity index (χ2n) is 9.59. The summed E-state index contributed by atoms with van der Waals surface area (Å²) in [6.07, 6.45) is 0. The normalized spacial score (nSPS) is 12.2. The van der Waals surface area contributed by atoms with Gasteiger partial charge in [-0.2, -0.15) is 0 Å². The summed E-state index contributed by atoms with van der Waals surface area (Å²) in [5.74, 6) is -0.840. The van der Waals surface area contributed by atoms with Gasteiger partial charge in [0.15, 0.2) is 0 Å². The Kier molecular flexibility index (Phi) is 9.57. The molecule has 0 saturated heterocycles. The molecule has 0 spiro atoms. The Labute approximate surface area is 230 Å². The first-order chi connectivity index (χ1) is 17.9. The molecular formula is C29H34ClN3O4S. The molecule has 0 unspecified atom stereocenters. The number of nitrogens with one attached hydrogen (secondary N) is 1. The van der Waals surface area contributed by atoms with Crippen LogP contribution in [0.5, 0.6) is 0 Å². The van der Waals surface area contributed by atoms with Crippen molar-refractivity contribution < 1.29 is 18.0 Å². The number of rotatable bonds is 10. The lowest BCUT2D eigenvalue weighted by Crippen LogP contribution is -2.52. The third-order valence-electron chi connectivity index (χ3n) is 6.18. The second kappa shape index (κ2) is 12.5. The fourth-order valence-electron chi connectivity index (χ4n) is 3.96. The maximum Gasteiger partial charge on any atom is 0.264 e. The van der Waals surface area contributed by atoms with Crippen molar-refractivity contribution in [2.45, 2.75) is 58.1 Å². The molecule has 0 aliphatic rings. The summed E-state index contributed by atoms with van der Waals surface area (Å²) in [4.78, 5) is 28.3. The molecule has 9 heteroatoms. The minimum absolute atomic E-state index is 0.0481. The number of aryl methyl sites for hydroxylation is 2. The molecule has 3 aromatic rings. The maximum atomic E-state index is 13.9. The van der Waals surface area contributed by atoms with Crippen LogP contribution >= 0.6 is 11.6 Å². The van der Waals surface area contributed by atoms with E-state index in [1.807, 2.05) is 52.0 Å². The molecule has 0 bridgehead atoms. The molecule has 2 amide bonds. The highest BCUT2D eigenvalue weighted by atomic mass is 35.5. The van der Waals surface area contributed by atoms with Crippen molar-refractivity contribution in [3.05, 3.63) is 94.5 Å². The van der Waals surface area contributed by atoms with Gasteiger partial charge in [-0.15, -0.1) is 0 Å². The number of amides is 2. The van der Waals surface area contributed by atoms with E-state index in [1.165, 1.54) is 23.1 Å². The van der Waals surface area contributed by atoms with Crippen molar-refractivity contribution in [3.8, 4) is 0 Å². The van der Waals surface area contributed by atoms with Crippen LogP contribution in [0.25, 0.3) is 0 Å². The van der Waals surface area contributed by atoms with Gasteiger partial charge in [0.05, 0.1) is 10.6 Å². The van der Waals surface area contributed by atoms with E-state index in [0.29, 0.717) is 5.02 Å². The van der Waals surface area contributed by atoms with Gasteiger partial charge in [0.1, 0.15) is 12.6 Å². The van der Waals surface area contributed by atoms with E-state index in [9.17, 15) is 18.0 Å². The zero-order valence-electron chi connectivity index (χ0n) is 22.3. The van der Waals surface area contributed by atoms with Crippen LogP contribution in [0.15, 0.2) is 77.7 Å². The van der Waals surface area contributed by atoms with E-state index in [1.54, 1.807) is 37.3 Å². The Balaban J connectivity index is 2.04. The molecule has 0 fully saturated rings. The van der Waals surface area contributed by atoms with Crippen LogP contribution in [0.2, 0.25) is 5.02 Å². The number of hydrogen-bond donors (Lipinski definition) is 1. The monoisotopic (exact) mass is 555 g/mol. The molecule has 38 heavy (non-hydrogen) atoms. The van der Waals surface area contributed by atoms with E-state index in [0.717, 1.165) is 21.0 Å². The minimum atomic E-state index is -4.14. The first kappa shape index (κ1) is 29.2. The van der Waals surface area contributed by atoms with Crippen LogP contribution in [0.4, 0.5) is 5.69 Å². The van der Waals surface area contributed by atoms with Gasteiger partial charge < -0.3 is 10.2 Å². The third kappa shape index (κ3) is 7.14. The van der Waals surface area contributed by atoms with E-state index in [4.69, 9.17) is 11.6 Å². The molecule has 7 nitrogen and oxygen atoms in total. The largest absolute Gasteiger partial charge is 0.352 e. The lowest BCUT2D eigenvalue weighted by molar-refractivity contribution is -0.139. The first-order valence-corrected chi connectivity index (χ1v) is 14.2. The van der Waals surface area contributed by atoms with Crippen LogP contribution in [0, 0.1) is 13.8 Å². The zero-order chi connectivity index (χ0) is 28.0. The van der Waals surface area contributed by atoms with Crippen LogP contribution < -0.4 is 9.62 Å². The molecular weight excluding hydrogens is 522 g/mol. The molecule has 0 radical (unpaired) electrons. The van der Waals surface area contributed by atoms with Crippen molar-refractivity contribution in [2.75, 3.05) is 10.8 Å². The summed E-state index contributed by atoms with van der Waals surface area (Å²) in [5, 5.41) is 3.18. The van der Waals surface area contributed by atoms with Crippen LogP contribution in [0.3, 0.4) is 0 Å². The van der Waals surface area contributed by atoms with Crippen LogP contribution in [-0.2, 0) is 26.2 Å². The fourth-order valence-corrected chi connectivity index (χ4v) is 5.55. The summed E-state index contributed by atoms with van der Waals surface area (Å²) < 4.78 is 28.7. The smallest absolute Gasteiger partial charge is 0.264 e. The number of carbonyl (C=O) groups is 2. The lowest BCUT2D eigenvalue weighted by Gasteiger charge is -2.32. The van der Waals surface area contributed by atoms with E-state index >= 15 is 0 Å². The van der Waals surface area contributed by atoms with E-state index < -0.39 is 28.5 Å². The van der Waals surface area contributed by atoms with Gasteiger partial charge in [-0.05, 0) is 76.1 Å². The highest BCUT2D eigenvalue weighted by Crippen LogP contribution is 2.27. The molecule has 0 heterocycles. The molecule has 0 aliphatic heterocycles. The van der Waals surface area contributed by atoms with Crippen molar-refractivity contribution in [3.63, 3.8) is 0 Å². The first-order valence-electron chi connectivity index (χ1n) is 12.4. The van der Waals surface area contributed by atoms with Gasteiger partial charge in [0.25, 0.3) is 10.0 Å². The number of sulfonamides is 1.